The molecular formula is C8H14OSi. The molecule has 0 spiro atoms. The maximum absolute atomic E-state index is 5.69. The minimum Gasteiger partial charge on any atom is -0.409 e. The molecule has 0 aliphatic carbocycles. The Morgan fingerprint density at radius 1 is 1.60 bits per heavy atom. The van der Waals surface area contributed by atoms with Gasteiger partial charge in [0.15, 0.2) is 0 Å². The summed E-state index contributed by atoms with van der Waals surface area (Å²) in [6.45, 7) is 7.27. The van der Waals surface area contributed by atoms with Crippen molar-refractivity contribution >= 4 is 8.32 Å². The Morgan fingerprint density at radius 2 is 2.30 bits per heavy atom. The molecule has 0 saturated heterocycles. The summed E-state index contributed by atoms with van der Waals surface area (Å²) in [5.41, 5.74) is 2.23. The van der Waals surface area contributed by atoms with Crippen molar-refractivity contribution in [1.82, 2.24) is 0 Å². The first kappa shape index (κ1) is 7.76. The van der Waals surface area contributed by atoms with Crippen LogP contribution in [0.15, 0.2) is 23.0 Å². The van der Waals surface area contributed by atoms with Crippen molar-refractivity contribution in [2.75, 3.05) is 6.61 Å². The van der Waals surface area contributed by atoms with Gasteiger partial charge in [0.1, 0.15) is 0 Å². The van der Waals surface area contributed by atoms with Gasteiger partial charge in [-0.05, 0) is 20.4 Å². The van der Waals surface area contributed by atoms with Crippen molar-refractivity contribution < 1.29 is 4.43 Å². The van der Waals surface area contributed by atoms with E-state index in [9.17, 15) is 0 Å². The van der Waals surface area contributed by atoms with Gasteiger partial charge in [0.25, 0.3) is 0 Å². The lowest BCUT2D eigenvalue weighted by Gasteiger charge is -2.20. The molecule has 1 heterocycles. The van der Waals surface area contributed by atoms with Gasteiger partial charge in [0.05, 0.1) is 0 Å². The first-order valence-corrected chi connectivity index (χ1v) is 6.18. The van der Waals surface area contributed by atoms with Crippen LogP contribution in [0, 0.1) is 0 Å². The maximum atomic E-state index is 5.69. The summed E-state index contributed by atoms with van der Waals surface area (Å²) >= 11 is 0. The van der Waals surface area contributed by atoms with Gasteiger partial charge in [0.2, 0.25) is 8.32 Å². The molecule has 0 bridgehead atoms. The smallest absolute Gasteiger partial charge is 0.241 e. The molecule has 0 aromatic carbocycles. The summed E-state index contributed by atoms with van der Waals surface area (Å²) in [6, 6.07) is 0. The van der Waals surface area contributed by atoms with Crippen LogP contribution >= 0.6 is 0 Å². The molecule has 1 nitrogen and oxygen atoms in total. The van der Waals surface area contributed by atoms with Gasteiger partial charge in [-0.1, -0.05) is 23.0 Å². The Hall–Kier alpha value is -0.343. The molecule has 10 heavy (non-hydrogen) atoms. The molecule has 1 rings (SSSR count). The normalized spacial score (nSPS) is 30.9. The molecule has 1 unspecified atom stereocenters. The lowest BCUT2D eigenvalue weighted by molar-refractivity contribution is 0.340. The summed E-state index contributed by atoms with van der Waals surface area (Å²) in [4.78, 5) is 0. The molecule has 0 radical (unpaired) electrons. The van der Waals surface area contributed by atoms with Crippen molar-refractivity contribution in [2.24, 2.45) is 0 Å². The summed E-state index contributed by atoms with van der Waals surface area (Å²) < 4.78 is 5.69. The Labute approximate surface area is 63.5 Å². The van der Waals surface area contributed by atoms with E-state index >= 15 is 0 Å². The van der Waals surface area contributed by atoms with Crippen LogP contribution in [0.4, 0.5) is 0 Å². The van der Waals surface area contributed by atoms with E-state index in [1.165, 1.54) is 5.20 Å². The molecule has 1 atom stereocenters. The SMILES string of the molecule is CCO[Si]1(C)C=CC=C1C. The third-order valence-corrected chi connectivity index (χ3v) is 5.44. The highest BCUT2D eigenvalue weighted by molar-refractivity contribution is 6.85. The summed E-state index contributed by atoms with van der Waals surface area (Å²) in [5.74, 6) is 0. The molecule has 0 fully saturated rings. The third-order valence-electron chi connectivity index (χ3n) is 1.99. The van der Waals surface area contributed by atoms with Crippen LogP contribution in [0.1, 0.15) is 13.8 Å². The third kappa shape index (κ3) is 1.22. The summed E-state index contributed by atoms with van der Waals surface area (Å²) in [5, 5.41) is 1.43. The average Bonchev–Trinajstić information content (AvgIpc) is 2.15. The van der Waals surface area contributed by atoms with Crippen LogP contribution in [0.3, 0.4) is 0 Å². The fourth-order valence-corrected chi connectivity index (χ4v) is 3.21. The van der Waals surface area contributed by atoms with E-state index in [1.807, 2.05) is 0 Å². The van der Waals surface area contributed by atoms with Gasteiger partial charge in [-0.25, -0.2) is 0 Å². The van der Waals surface area contributed by atoms with Crippen LogP contribution in [0.5, 0.6) is 0 Å². The van der Waals surface area contributed by atoms with Gasteiger partial charge in [-0.2, -0.15) is 0 Å². The Bertz CT molecular complexity index is 184. The number of hydrogen-bond donors (Lipinski definition) is 0. The lowest BCUT2D eigenvalue weighted by atomic mass is 10.5. The largest absolute Gasteiger partial charge is 0.409 e. The highest BCUT2D eigenvalue weighted by Crippen LogP contribution is 2.22. The summed E-state index contributed by atoms with van der Waals surface area (Å²) in [7, 11) is -1.51. The maximum Gasteiger partial charge on any atom is 0.241 e. The molecule has 0 aromatic rings. The van der Waals surface area contributed by atoms with Crippen LogP contribution < -0.4 is 0 Å². The second kappa shape index (κ2) is 2.72. The van der Waals surface area contributed by atoms with E-state index in [2.05, 4.69) is 38.2 Å². The molecule has 0 aromatic heterocycles. The second-order valence-corrected chi connectivity index (χ2v) is 6.37. The van der Waals surface area contributed by atoms with E-state index in [-0.39, 0.29) is 0 Å². The standard InChI is InChI=1S/C8H14OSi/c1-4-9-10(3)7-5-6-8(10)2/h5-7H,4H2,1-3H3. The van der Waals surface area contributed by atoms with Crippen molar-refractivity contribution in [3.63, 3.8) is 0 Å². The first-order valence-electron chi connectivity index (χ1n) is 3.69. The first-order chi connectivity index (χ1) is 4.69. The molecule has 0 amide bonds. The minimum absolute atomic E-state index is 0.832. The van der Waals surface area contributed by atoms with Crippen LogP contribution in [-0.4, -0.2) is 14.9 Å². The molecule has 0 saturated carbocycles. The van der Waals surface area contributed by atoms with Gasteiger partial charge in [-0.3, -0.25) is 0 Å². The number of rotatable bonds is 2. The fraction of sp³-hybridized carbons (Fsp3) is 0.500. The number of hydrogen-bond acceptors (Lipinski definition) is 1. The topological polar surface area (TPSA) is 9.23 Å². The fourth-order valence-electron chi connectivity index (χ4n) is 1.13. The van der Waals surface area contributed by atoms with Crippen molar-refractivity contribution in [3.8, 4) is 0 Å². The number of allylic oxidation sites excluding steroid dienone is 3. The Kier molecular flexibility index (Phi) is 2.11. The van der Waals surface area contributed by atoms with Crippen molar-refractivity contribution in [1.29, 1.82) is 0 Å². The van der Waals surface area contributed by atoms with Gasteiger partial charge < -0.3 is 4.43 Å². The highest BCUT2D eigenvalue weighted by Gasteiger charge is 2.29. The van der Waals surface area contributed by atoms with Crippen molar-refractivity contribution in [2.45, 2.75) is 20.4 Å². The van der Waals surface area contributed by atoms with E-state index in [4.69, 9.17) is 4.43 Å². The Morgan fingerprint density at radius 3 is 2.70 bits per heavy atom. The molecule has 0 N–H and O–H groups in total. The van der Waals surface area contributed by atoms with E-state index in [0.717, 1.165) is 6.61 Å². The van der Waals surface area contributed by atoms with Crippen LogP contribution in [0.2, 0.25) is 6.55 Å². The van der Waals surface area contributed by atoms with Gasteiger partial charge in [0, 0.05) is 6.61 Å². The molecule has 2 heteroatoms. The van der Waals surface area contributed by atoms with Crippen LogP contribution in [-0.2, 0) is 4.43 Å². The van der Waals surface area contributed by atoms with E-state index < -0.39 is 8.32 Å². The molecule has 56 valence electrons. The predicted octanol–water partition coefficient (Wildman–Crippen LogP) is 2.19. The van der Waals surface area contributed by atoms with Gasteiger partial charge in [-0.15, -0.1) is 0 Å². The Balaban J connectivity index is 2.69. The molecule has 1 aliphatic rings. The molecule has 1 aliphatic heterocycles. The van der Waals surface area contributed by atoms with Crippen LogP contribution in [0.25, 0.3) is 0 Å². The van der Waals surface area contributed by atoms with Gasteiger partial charge >= 0.3 is 0 Å². The zero-order valence-corrected chi connectivity index (χ0v) is 7.85. The lowest BCUT2D eigenvalue weighted by Crippen LogP contribution is -2.32. The van der Waals surface area contributed by atoms with Crippen molar-refractivity contribution in [3.05, 3.63) is 23.0 Å². The second-order valence-electron chi connectivity index (χ2n) is 2.75. The van der Waals surface area contributed by atoms with E-state index in [1.54, 1.807) is 0 Å². The zero-order valence-electron chi connectivity index (χ0n) is 6.85. The average molecular weight is 154 g/mol. The summed E-state index contributed by atoms with van der Waals surface area (Å²) in [6.07, 6.45) is 4.26. The predicted molar refractivity (Wildman–Crippen MR) is 46.1 cm³/mol. The zero-order chi connectivity index (χ0) is 7.61. The monoisotopic (exact) mass is 154 g/mol. The van der Waals surface area contributed by atoms with E-state index in [0.29, 0.717) is 0 Å². The quantitative estimate of drug-likeness (QED) is 0.554. The molecular weight excluding hydrogens is 140 g/mol. The highest BCUT2D eigenvalue weighted by atomic mass is 28.4. The minimum atomic E-state index is -1.51.